The van der Waals surface area contributed by atoms with Gasteiger partial charge >= 0.3 is 6.18 Å². The van der Waals surface area contributed by atoms with E-state index in [0.717, 1.165) is 37.8 Å². The lowest BCUT2D eigenvalue weighted by Crippen LogP contribution is -2.32. The Morgan fingerprint density at radius 3 is 2.32 bits per heavy atom. The van der Waals surface area contributed by atoms with Crippen LogP contribution in [0.3, 0.4) is 0 Å². The van der Waals surface area contributed by atoms with E-state index in [9.17, 15) is 34.8 Å². The molecule has 200 valence electrons. The molecule has 0 bridgehead atoms. The van der Waals surface area contributed by atoms with Crippen LogP contribution >= 0.6 is 0 Å². The molecule has 0 saturated heterocycles. The van der Waals surface area contributed by atoms with E-state index in [1.54, 1.807) is 4.72 Å². The second-order valence-corrected chi connectivity index (χ2v) is 11.6. The van der Waals surface area contributed by atoms with Gasteiger partial charge in [0.1, 0.15) is 15.5 Å². The number of nitrogens with one attached hydrogen (secondary N) is 1. The maximum absolute atomic E-state index is 12.8. The van der Waals surface area contributed by atoms with Crippen LogP contribution < -0.4 is 14.6 Å². The lowest BCUT2D eigenvalue weighted by atomic mass is 10.1. The van der Waals surface area contributed by atoms with Crippen molar-refractivity contribution >= 4 is 26.0 Å². The van der Waals surface area contributed by atoms with Gasteiger partial charge in [0.05, 0.1) is 12.2 Å². The highest BCUT2D eigenvalue weighted by atomic mass is 32.2. The van der Waals surface area contributed by atoms with Crippen LogP contribution in [-0.4, -0.2) is 35.5 Å². The molecule has 13 heteroatoms. The third-order valence-corrected chi connectivity index (χ3v) is 8.03. The van der Waals surface area contributed by atoms with Crippen molar-refractivity contribution in [3.8, 4) is 17.6 Å². The number of hydrogen-bond acceptors (Lipinski definition) is 6. The predicted octanol–water partition coefficient (Wildman–Crippen LogP) is 3.72. The number of sulfonamides is 2. The molecule has 3 N–H and O–H groups in total. The average Bonchev–Trinajstić information content (AvgIpc) is 3.33. The van der Waals surface area contributed by atoms with E-state index in [4.69, 9.17) is 9.88 Å². The van der Waals surface area contributed by atoms with Crippen molar-refractivity contribution in [3.63, 3.8) is 0 Å². The summed E-state index contributed by atoms with van der Waals surface area (Å²) in [5.74, 6) is 5.16. The summed E-state index contributed by atoms with van der Waals surface area (Å²) in [7, 11) is -9.07. The summed E-state index contributed by atoms with van der Waals surface area (Å²) in [6.45, 7) is -0.303. The van der Waals surface area contributed by atoms with Gasteiger partial charge in [-0.2, -0.15) is 13.2 Å². The van der Waals surface area contributed by atoms with Crippen molar-refractivity contribution in [1.29, 1.82) is 0 Å². The SMILES string of the molecule is NS(=O)(=O)c1ccccc1S(=O)(=O)NC(=O)c1ccc(C#CC2CCCC2)c(OCCCC(F)(F)F)c1. The Kier molecular flexibility index (Phi) is 8.88. The van der Waals surface area contributed by atoms with E-state index < -0.39 is 48.3 Å². The summed E-state index contributed by atoms with van der Waals surface area (Å²) in [5.41, 5.74) is 0.159. The summed E-state index contributed by atoms with van der Waals surface area (Å²) in [6, 6.07) is 8.39. The van der Waals surface area contributed by atoms with Crippen molar-refractivity contribution in [2.75, 3.05) is 6.61 Å². The number of carbonyl (C=O) groups is 1. The molecule has 2 aromatic rings. The average molecular weight is 559 g/mol. The summed E-state index contributed by atoms with van der Waals surface area (Å²) >= 11 is 0. The van der Waals surface area contributed by atoms with Crippen LogP contribution in [0.5, 0.6) is 5.75 Å². The Morgan fingerprint density at radius 2 is 1.70 bits per heavy atom. The third kappa shape index (κ3) is 8.21. The fourth-order valence-corrected chi connectivity index (χ4v) is 6.09. The number of ether oxygens (including phenoxy) is 1. The quantitative estimate of drug-likeness (QED) is 0.375. The number of benzene rings is 2. The Morgan fingerprint density at radius 1 is 1.05 bits per heavy atom. The normalized spacial score (nSPS) is 14.6. The van der Waals surface area contributed by atoms with Gasteiger partial charge in [0, 0.05) is 17.9 Å². The minimum Gasteiger partial charge on any atom is -0.492 e. The first kappa shape index (κ1) is 28.5. The van der Waals surface area contributed by atoms with Crippen molar-refractivity contribution in [2.45, 2.75) is 54.5 Å². The van der Waals surface area contributed by atoms with Crippen LogP contribution in [0.15, 0.2) is 52.3 Å². The molecule has 1 saturated carbocycles. The maximum atomic E-state index is 12.8. The number of rotatable bonds is 8. The Bertz CT molecular complexity index is 1420. The van der Waals surface area contributed by atoms with Gasteiger partial charge in [-0.3, -0.25) is 4.79 Å². The van der Waals surface area contributed by atoms with E-state index in [0.29, 0.717) is 5.56 Å². The van der Waals surface area contributed by atoms with Crippen LogP contribution in [-0.2, 0) is 20.0 Å². The van der Waals surface area contributed by atoms with Crippen molar-refractivity contribution in [1.82, 2.24) is 4.72 Å². The third-order valence-electron chi connectivity index (χ3n) is 5.54. The van der Waals surface area contributed by atoms with Gasteiger partial charge in [-0.1, -0.05) is 36.8 Å². The zero-order chi connectivity index (χ0) is 27.3. The van der Waals surface area contributed by atoms with E-state index >= 15 is 0 Å². The minimum absolute atomic E-state index is 0.0302. The molecule has 0 aliphatic heterocycles. The van der Waals surface area contributed by atoms with Gasteiger partial charge in [-0.05, 0) is 49.6 Å². The van der Waals surface area contributed by atoms with Gasteiger partial charge < -0.3 is 4.74 Å². The molecule has 0 aromatic heterocycles. The zero-order valence-corrected chi connectivity index (χ0v) is 21.2. The van der Waals surface area contributed by atoms with Gasteiger partial charge in [0.2, 0.25) is 10.0 Å². The monoisotopic (exact) mass is 558 g/mol. The topological polar surface area (TPSA) is 133 Å². The number of alkyl halides is 3. The Hall–Kier alpha value is -3.08. The molecule has 2 aromatic carbocycles. The molecule has 1 amide bonds. The van der Waals surface area contributed by atoms with Crippen molar-refractivity contribution in [3.05, 3.63) is 53.6 Å². The van der Waals surface area contributed by atoms with Crippen LogP contribution in [0.2, 0.25) is 0 Å². The molecule has 0 heterocycles. The predicted molar refractivity (Wildman–Crippen MR) is 129 cm³/mol. The lowest BCUT2D eigenvalue weighted by Gasteiger charge is -2.13. The molecular formula is C24H25F3N2O6S2. The first-order valence-corrected chi connectivity index (χ1v) is 14.3. The fraction of sp³-hybridized carbons (Fsp3) is 0.375. The summed E-state index contributed by atoms with van der Waals surface area (Å²) < 4.78 is 93.9. The highest BCUT2D eigenvalue weighted by Crippen LogP contribution is 2.27. The minimum atomic E-state index is -4.66. The smallest absolute Gasteiger partial charge is 0.389 e. The maximum Gasteiger partial charge on any atom is 0.389 e. The molecule has 0 spiro atoms. The molecule has 0 unspecified atom stereocenters. The molecule has 37 heavy (non-hydrogen) atoms. The van der Waals surface area contributed by atoms with Crippen LogP contribution in [0.25, 0.3) is 0 Å². The number of halogens is 3. The molecule has 3 rings (SSSR count). The molecule has 0 atom stereocenters. The van der Waals surface area contributed by atoms with E-state index in [1.165, 1.54) is 30.3 Å². The van der Waals surface area contributed by atoms with Gasteiger partial charge in [0.25, 0.3) is 15.9 Å². The second-order valence-electron chi connectivity index (χ2n) is 8.46. The van der Waals surface area contributed by atoms with Crippen LogP contribution in [0, 0.1) is 17.8 Å². The number of hydrogen-bond donors (Lipinski definition) is 2. The van der Waals surface area contributed by atoms with Crippen LogP contribution in [0.4, 0.5) is 13.2 Å². The first-order chi connectivity index (χ1) is 17.3. The first-order valence-electron chi connectivity index (χ1n) is 11.3. The summed E-state index contributed by atoms with van der Waals surface area (Å²) in [6.07, 6.45) is -1.74. The molecule has 1 fully saturated rings. The van der Waals surface area contributed by atoms with Crippen molar-refractivity contribution < 1.29 is 39.5 Å². The van der Waals surface area contributed by atoms with E-state index in [2.05, 4.69) is 11.8 Å². The van der Waals surface area contributed by atoms with E-state index in [-0.39, 0.29) is 30.3 Å². The highest BCUT2D eigenvalue weighted by molar-refractivity contribution is 7.92. The van der Waals surface area contributed by atoms with Gasteiger partial charge in [-0.15, -0.1) is 0 Å². The highest BCUT2D eigenvalue weighted by Gasteiger charge is 2.27. The van der Waals surface area contributed by atoms with Crippen molar-refractivity contribution in [2.24, 2.45) is 11.1 Å². The van der Waals surface area contributed by atoms with Gasteiger partial charge in [0.15, 0.2) is 0 Å². The number of primary sulfonamides is 1. The lowest BCUT2D eigenvalue weighted by molar-refractivity contribution is -0.136. The number of amides is 1. The van der Waals surface area contributed by atoms with E-state index in [1.807, 2.05) is 0 Å². The molecule has 1 aliphatic rings. The summed E-state index contributed by atoms with van der Waals surface area (Å²) in [4.78, 5) is 11.4. The molecular weight excluding hydrogens is 533 g/mol. The Balaban J connectivity index is 1.86. The zero-order valence-electron chi connectivity index (χ0n) is 19.5. The second kappa shape index (κ2) is 11.5. The number of nitrogens with two attached hydrogens (primary N) is 1. The largest absolute Gasteiger partial charge is 0.492 e. The van der Waals surface area contributed by atoms with Gasteiger partial charge in [-0.25, -0.2) is 26.7 Å². The number of carbonyl (C=O) groups excluding carboxylic acids is 1. The standard InChI is InChI=1S/C24H25F3N2O6S2/c25-24(26,27)14-5-15-35-20-16-19(13-12-18(20)11-10-17-6-1-2-7-17)23(30)29-37(33,34)22-9-4-3-8-21(22)36(28,31)32/h3-4,8-9,12-13,16-17H,1-2,5-7,14-15H2,(H,29,30)(H2,28,31,32). The molecule has 1 aliphatic carbocycles. The molecule has 8 nitrogen and oxygen atoms in total. The Labute approximate surface area is 213 Å². The van der Waals surface area contributed by atoms with Crippen LogP contribution in [0.1, 0.15) is 54.4 Å². The fourth-order valence-electron chi connectivity index (χ4n) is 3.73. The molecule has 0 radical (unpaired) electrons. The summed E-state index contributed by atoms with van der Waals surface area (Å²) in [5, 5.41) is 5.09.